The van der Waals surface area contributed by atoms with Gasteiger partial charge in [-0.15, -0.1) is 0 Å². The standard InChI is InChI=1S/C28H33FN6O4/c1-4-24-23(20-15-30-31-16-20)6-7-25(32-24)34-18-28(8-10-33(11-9-28)27(37)39-5-2)35(26(34)36)17-19-12-21(29)14-22(13-19)38-3/h6-7,12-16H,4-5,8-11,17-18H2,1-3H3,(H,30,31). The third-order valence-corrected chi connectivity index (χ3v) is 7.59. The van der Waals surface area contributed by atoms with E-state index in [0.717, 1.165) is 16.8 Å². The summed E-state index contributed by atoms with van der Waals surface area (Å²) in [6.07, 6.45) is 5.03. The number of aromatic nitrogens is 3. The smallest absolute Gasteiger partial charge is 0.409 e. The van der Waals surface area contributed by atoms with Gasteiger partial charge >= 0.3 is 12.1 Å². The summed E-state index contributed by atoms with van der Waals surface area (Å²) in [5, 5.41) is 6.88. The number of piperidine rings is 1. The maximum atomic E-state index is 14.3. The number of nitrogens with one attached hydrogen (secondary N) is 1. The van der Waals surface area contributed by atoms with E-state index in [1.807, 2.05) is 25.3 Å². The average Bonchev–Trinajstić information content (AvgIpc) is 3.57. The number of anilines is 1. The summed E-state index contributed by atoms with van der Waals surface area (Å²) in [6, 6.07) is 8.10. The van der Waals surface area contributed by atoms with Crippen molar-refractivity contribution in [2.24, 2.45) is 0 Å². The fourth-order valence-electron chi connectivity index (χ4n) is 5.54. The number of likely N-dealkylation sites (tertiary alicyclic amines) is 1. The van der Waals surface area contributed by atoms with Crippen LogP contribution in [0.2, 0.25) is 0 Å². The number of hydrogen-bond donors (Lipinski definition) is 1. The van der Waals surface area contributed by atoms with Crippen LogP contribution in [0.3, 0.4) is 0 Å². The Morgan fingerprint density at radius 2 is 1.97 bits per heavy atom. The van der Waals surface area contributed by atoms with Crippen molar-refractivity contribution in [3.63, 3.8) is 0 Å². The topological polar surface area (TPSA) is 104 Å². The van der Waals surface area contributed by atoms with Gasteiger partial charge < -0.3 is 19.3 Å². The quantitative estimate of drug-likeness (QED) is 0.473. The highest BCUT2D eigenvalue weighted by molar-refractivity contribution is 5.95. The van der Waals surface area contributed by atoms with Gasteiger partial charge in [0, 0.05) is 43.0 Å². The van der Waals surface area contributed by atoms with Gasteiger partial charge in [0.05, 0.1) is 37.7 Å². The summed E-state index contributed by atoms with van der Waals surface area (Å²) >= 11 is 0. The number of aromatic amines is 1. The zero-order valence-electron chi connectivity index (χ0n) is 22.4. The molecule has 10 nitrogen and oxygen atoms in total. The third-order valence-electron chi connectivity index (χ3n) is 7.59. The molecule has 206 valence electrons. The lowest BCUT2D eigenvalue weighted by molar-refractivity contribution is 0.0553. The number of halogens is 1. The van der Waals surface area contributed by atoms with Gasteiger partial charge in [0.2, 0.25) is 0 Å². The molecule has 2 aromatic heterocycles. The first kappa shape index (κ1) is 26.5. The molecule has 1 spiro atoms. The zero-order valence-corrected chi connectivity index (χ0v) is 22.4. The van der Waals surface area contributed by atoms with Crippen LogP contribution in [-0.4, -0.2) is 76.0 Å². The summed E-state index contributed by atoms with van der Waals surface area (Å²) in [5.41, 5.74) is 2.83. The second-order valence-corrected chi connectivity index (χ2v) is 9.87. The maximum absolute atomic E-state index is 14.3. The number of hydrogen-bond acceptors (Lipinski definition) is 6. The number of benzene rings is 1. The molecule has 0 atom stereocenters. The summed E-state index contributed by atoms with van der Waals surface area (Å²) in [4.78, 5) is 36.5. The molecule has 1 N–H and O–H groups in total. The summed E-state index contributed by atoms with van der Waals surface area (Å²) in [7, 11) is 1.48. The molecule has 0 bridgehead atoms. The first-order valence-corrected chi connectivity index (χ1v) is 13.2. The fourth-order valence-corrected chi connectivity index (χ4v) is 5.54. The SMILES string of the molecule is CCOC(=O)N1CCC2(CC1)CN(c1ccc(-c3cn[nH]c3)c(CC)n1)C(=O)N2Cc1cc(F)cc(OC)c1. The number of carbonyl (C=O) groups excluding carboxylic acids is 2. The third kappa shape index (κ3) is 5.13. The largest absolute Gasteiger partial charge is 0.497 e. The van der Waals surface area contributed by atoms with E-state index in [1.165, 1.54) is 19.2 Å². The Kier molecular flexibility index (Phi) is 7.40. The molecule has 1 aromatic carbocycles. The number of methoxy groups -OCH3 is 1. The van der Waals surface area contributed by atoms with Crippen LogP contribution >= 0.6 is 0 Å². The van der Waals surface area contributed by atoms with E-state index in [-0.39, 0.29) is 18.7 Å². The number of pyridine rings is 1. The molecule has 0 unspecified atom stereocenters. The van der Waals surface area contributed by atoms with Gasteiger partial charge in [0.15, 0.2) is 0 Å². The number of H-pyrrole nitrogens is 1. The van der Waals surface area contributed by atoms with Crippen molar-refractivity contribution in [2.45, 2.75) is 45.2 Å². The predicted molar refractivity (Wildman–Crippen MR) is 143 cm³/mol. The number of carbonyl (C=O) groups is 2. The first-order valence-electron chi connectivity index (χ1n) is 13.2. The number of amides is 3. The van der Waals surface area contributed by atoms with Gasteiger partial charge in [-0.1, -0.05) is 6.92 Å². The van der Waals surface area contributed by atoms with E-state index < -0.39 is 11.4 Å². The first-order chi connectivity index (χ1) is 18.9. The minimum absolute atomic E-state index is 0.201. The second-order valence-electron chi connectivity index (χ2n) is 9.87. The summed E-state index contributed by atoms with van der Waals surface area (Å²) < 4.78 is 24.8. The monoisotopic (exact) mass is 536 g/mol. The van der Waals surface area contributed by atoms with Crippen molar-refractivity contribution < 1.29 is 23.5 Å². The van der Waals surface area contributed by atoms with Crippen LogP contribution in [-0.2, 0) is 17.7 Å². The molecule has 0 aliphatic carbocycles. The zero-order chi connectivity index (χ0) is 27.6. The van der Waals surface area contributed by atoms with Crippen LogP contribution in [0.4, 0.5) is 19.8 Å². The predicted octanol–water partition coefficient (Wildman–Crippen LogP) is 4.62. The van der Waals surface area contributed by atoms with E-state index in [4.69, 9.17) is 14.5 Å². The Bertz CT molecular complexity index is 1340. The van der Waals surface area contributed by atoms with Crippen LogP contribution in [0.25, 0.3) is 11.1 Å². The van der Waals surface area contributed by atoms with E-state index in [0.29, 0.717) is 62.6 Å². The maximum Gasteiger partial charge on any atom is 0.409 e. The fraction of sp³-hybridized carbons (Fsp3) is 0.429. The van der Waals surface area contributed by atoms with Gasteiger partial charge in [0.25, 0.3) is 0 Å². The van der Waals surface area contributed by atoms with E-state index in [9.17, 15) is 14.0 Å². The normalized spacial score (nSPS) is 16.7. The highest BCUT2D eigenvalue weighted by Gasteiger charge is 2.52. The van der Waals surface area contributed by atoms with Gasteiger partial charge in [-0.05, 0) is 56.0 Å². The van der Waals surface area contributed by atoms with Crippen molar-refractivity contribution in [3.8, 4) is 16.9 Å². The molecule has 3 amide bonds. The molecule has 5 rings (SSSR count). The van der Waals surface area contributed by atoms with Crippen molar-refractivity contribution >= 4 is 17.9 Å². The Balaban J connectivity index is 1.47. The molecule has 0 saturated carbocycles. The van der Waals surface area contributed by atoms with Gasteiger partial charge in [-0.2, -0.15) is 5.10 Å². The molecule has 39 heavy (non-hydrogen) atoms. The van der Waals surface area contributed by atoms with Crippen molar-refractivity contribution in [1.29, 1.82) is 0 Å². The number of aryl methyl sites for hydroxylation is 1. The Hall–Kier alpha value is -4.15. The molecule has 11 heteroatoms. The lowest BCUT2D eigenvalue weighted by Crippen LogP contribution is -2.55. The van der Waals surface area contributed by atoms with Crippen molar-refractivity contribution in [3.05, 3.63) is 59.8 Å². The van der Waals surface area contributed by atoms with Crippen LogP contribution in [0.15, 0.2) is 42.7 Å². The lowest BCUT2D eigenvalue weighted by atomic mass is 9.86. The summed E-state index contributed by atoms with van der Waals surface area (Å²) in [6.45, 7) is 5.64. The summed E-state index contributed by atoms with van der Waals surface area (Å²) in [5.74, 6) is 0.530. The number of nitrogens with zero attached hydrogens (tertiary/aromatic N) is 5. The highest BCUT2D eigenvalue weighted by Crippen LogP contribution is 2.40. The number of ether oxygens (including phenoxy) is 2. The molecule has 2 saturated heterocycles. The lowest BCUT2D eigenvalue weighted by Gasteiger charge is -2.43. The van der Waals surface area contributed by atoms with E-state index in [2.05, 4.69) is 10.2 Å². The number of urea groups is 1. The van der Waals surface area contributed by atoms with Gasteiger partial charge in [-0.3, -0.25) is 10.00 Å². The van der Waals surface area contributed by atoms with Crippen LogP contribution in [0, 0.1) is 5.82 Å². The number of rotatable bonds is 7. The molecular formula is C28H33FN6O4. The molecule has 0 radical (unpaired) electrons. The van der Waals surface area contributed by atoms with Crippen molar-refractivity contribution in [1.82, 2.24) is 25.0 Å². The Morgan fingerprint density at radius 3 is 2.64 bits per heavy atom. The molecule has 4 heterocycles. The van der Waals surface area contributed by atoms with Crippen molar-refractivity contribution in [2.75, 3.05) is 38.3 Å². The minimum Gasteiger partial charge on any atom is -0.497 e. The minimum atomic E-state index is -0.559. The highest BCUT2D eigenvalue weighted by atomic mass is 19.1. The van der Waals surface area contributed by atoms with Gasteiger partial charge in [0.1, 0.15) is 17.4 Å². The van der Waals surface area contributed by atoms with Crippen LogP contribution in [0.5, 0.6) is 5.75 Å². The van der Waals surface area contributed by atoms with E-state index >= 15 is 0 Å². The Labute approximate surface area is 226 Å². The molecule has 2 fully saturated rings. The van der Waals surface area contributed by atoms with Gasteiger partial charge in [-0.25, -0.2) is 19.0 Å². The molecular weight excluding hydrogens is 503 g/mol. The average molecular weight is 537 g/mol. The second kappa shape index (κ2) is 10.9. The van der Waals surface area contributed by atoms with Crippen LogP contribution in [0.1, 0.15) is 37.9 Å². The molecule has 2 aliphatic heterocycles. The molecule has 2 aliphatic rings. The van der Waals surface area contributed by atoms with E-state index in [1.54, 1.807) is 33.9 Å². The molecule has 3 aromatic rings. The Morgan fingerprint density at radius 1 is 1.18 bits per heavy atom. The van der Waals surface area contributed by atoms with Crippen LogP contribution < -0.4 is 9.64 Å².